The topological polar surface area (TPSA) is 49.4 Å². The van der Waals surface area contributed by atoms with Gasteiger partial charge in [0, 0.05) is 11.3 Å². The molecule has 2 amide bonds. The average molecular weight is 314 g/mol. The number of hydrogen-bond acceptors (Lipinski definition) is 3. The van der Waals surface area contributed by atoms with E-state index in [2.05, 4.69) is 19.2 Å². The van der Waals surface area contributed by atoms with Crippen LogP contribution in [0.25, 0.3) is 0 Å². The van der Waals surface area contributed by atoms with E-state index >= 15 is 0 Å². The minimum absolute atomic E-state index is 0.0265. The molecule has 1 fully saturated rings. The third-order valence-corrected chi connectivity index (χ3v) is 5.26. The molecule has 0 aromatic heterocycles. The Morgan fingerprint density at radius 1 is 1.19 bits per heavy atom. The van der Waals surface area contributed by atoms with E-state index in [0.29, 0.717) is 6.54 Å². The van der Waals surface area contributed by atoms with E-state index in [1.165, 1.54) is 0 Å². The van der Waals surface area contributed by atoms with Crippen molar-refractivity contribution in [3.8, 4) is 0 Å². The minimum atomic E-state index is -0.447. The van der Waals surface area contributed by atoms with Gasteiger partial charge in [-0.2, -0.15) is 11.8 Å². The molecule has 2 atom stereocenters. The Labute approximate surface area is 133 Å². The van der Waals surface area contributed by atoms with Crippen molar-refractivity contribution in [1.82, 2.24) is 10.2 Å². The molecule has 4 nitrogen and oxygen atoms in total. The third kappa shape index (κ3) is 4.15. The summed E-state index contributed by atoms with van der Waals surface area (Å²) in [6, 6.07) is -0.819. The van der Waals surface area contributed by atoms with Crippen molar-refractivity contribution >= 4 is 23.6 Å². The first-order valence-electron chi connectivity index (χ1n) is 7.56. The SMILES string of the molecule is CSC(C)(C)CN1C(=O)C(C(C)(C)C)NC(=O)C1C(C)C. The monoisotopic (exact) mass is 314 g/mol. The molecule has 0 radical (unpaired) electrons. The zero-order valence-electron chi connectivity index (χ0n) is 14.6. The summed E-state index contributed by atoms with van der Waals surface area (Å²) in [6.45, 7) is 14.8. The fourth-order valence-electron chi connectivity index (χ4n) is 2.63. The number of amides is 2. The molecule has 122 valence electrons. The molecular weight excluding hydrogens is 284 g/mol. The molecule has 0 aromatic rings. The molecule has 0 bridgehead atoms. The predicted molar refractivity (Wildman–Crippen MR) is 89.3 cm³/mol. The Morgan fingerprint density at radius 3 is 2.10 bits per heavy atom. The zero-order chi connectivity index (χ0) is 16.6. The number of carbonyl (C=O) groups is 2. The summed E-state index contributed by atoms with van der Waals surface area (Å²) in [5.41, 5.74) is -0.281. The van der Waals surface area contributed by atoms with Gasteiger partial charge >= 0.3 is 0 Å². The van der Waals surface area contributed by atoms with Crippen molar-refractivity contribution in [2.45, 2.75) is 65.3 Å². The summed E-state index contributed by atoms with van der Waals surface area (Å²) in [5, 5.41) is 2.93. The van der Waals surface area contributed by atoms with Gasteiger partial charge in [-0.1, -0.05) is 34.6 Å². The highest BCUT2D eigenvalue weighted by atomic mass is 32.2. The van der Waals surface area contributed by atoms with Crippen molar-refractivity contribution in [2.75, 3.05) is 12.8 Å². The summed E-state index contributed by atoms with van der Waals surface area (Å²) >= 11 is 1.72. The Balaban J connectivity index is 3.16. The molecule has 0 aromatic carbocycles. The lowest BCUT2D eigenvalue weighted by molar-refractivity contribution is -0.154. The molecule has 0 saturated carbocycles. The van der Waals surface area contributed by atoms with Gasteiger partial charge in [0.1, 0.15) is 12.1 Å². The summed E-state index contributed by atoms with van der Waals surface area (Å²) < 4.78 is -0.0666. The summed E-state index contributed by atoms with van der Waals surface area (Å²) in [4.78, 5) is 27.2. The van der Waals surface area contributed by atoms with Gasteiger partial charge in [0.25, 0.3) is 0 Å². The second-order valence-electron chi connectivity index (χ2n) is 7.93. The molecule has 21 heavy (non-hydrogen) atoms. The summed E-state index contributed by atoms with van der Waals surface area (Å²) in [5.74, 6) is 0.122. The smallest absolute Gasteiger partial charge is 0.246 e. The number of piperazine rings is 1. The molecule has 2 unspecified atom stereocenters. The lowest BCUT2D eigenvalue weighted by Crippen LogP contribution is -2.69. The molecule has 1 N–H and O–H groups in total. The van der Waals surface area contributed by atoms with Gasteiger partial charge in [-0.15, -0.1) is 0 Å². The highest BCUT2D eigenvalue weighted by molar-refractivity contribution is 7.99. The Morgan fingerprint density at radius 2 is 1.71 bits per heavy atom. The largest absolute Gasteiger partial charge is 0.342 e. The Hall–Kier alpha value is -0.710. The molecule has 1 aliphatic heterocycles. The molecule has 5 heteroatoms. The van der Waals surface area contributed by atoms with Crippen LogP contribution in [0.3, 0.4) is 0 Å². The second kappa shape index (κ2) is 6.19. The first-order valence-corrected chi connectivity index (χ1v) is 8.79. The standard InChI is InChI=1S/C16H30N2O2S/c1-10(2)11-13(19)17-12(15(3,4)5)14(20)18(11)9-16(6,7)21-8/h10-12H,9H2,1-8H3,(H,17,19). The Kier molecular flexibility index (Phi) is 5.40. The number of carbonyl (C=O) groups excluding carboxylic acids is 2. The van der Waals surface area contributed by atoms with Crippen LogP contribution in [0.5, 0.6) is 0 Å². The Bertz CT molecular complexity index is 413. The highest BCUT2D eigenvalue weighted by Gasteiger charge is 2.47. The van der Waals surface area contributed by atoms with Crippen molar-refractivity contribution in [3.63, 3.8) is 0 Å². The van der Waals surface area contributed by atoms with Gasteiger partial charge in [0.05, 0.1) is 0 Å². The maximum absolute atomic E-state index is 12.9. The van der Waals surface area contributed by atoms with Crippen LogP contribution in [0, 0.1) is 11.3 Å². The molecule has 1 saturated heterocycles. The van der Waals surface area contributed by atoms with Crippen LogP contribution in [0.15, 0.2) is 0 Å². The first kappa shape index (κ1) is 18.3. The van der Waals surface area contributed by atoms with Gasteiger partial charge in [0.15, 0.2) is 0 Å². The van der Waals surface area contributed by atoms with Gasteiger partial charge in [-0.25, -0.2) is 0 Å². The molecule has 1 aliphatic rings. The highest BCUT2D eigenvalue weighted by Crippen LogP contribution is 2.31. The van der Waals surface area contributed by atoms with E-state index in [0.717, 1.165) is 0 Å². The molecule has 1 heterocycles. The number of rotatable bonds is 4. The predicted octanol–water partition coefficient (Wildman–Crippen LogP) is 2.53. The molecular formula is C16H30N2O2S. The van der Waals surface area contributed by atoms with Crippen LogP contribution >= 0.6 is 11.8 Å². The average Bonchev–Trinajstić information content (AvgIpc) is 2.31. The molecule has 1 rings (SSSR count). The van der Waals surface area contributed by atoms with Crippen molar-refractivity contribution in [3.05, 3.63) is 0 Å². The zero-order valence-corrected chi connectivity index (χ0v) is 15.4. The first-order chi connectivity index (χ1) is 9.40. The molecule has 0 aliphatic carbocycles. The van der Waals surface area contributed by atoms with Gasteiger partial charge in [-0.05, 0) is 31.4 Å². The fraction of sp³-hybridized carbons (Fsp3) is 0.875. The minimum Gasteiger partial charge on any atom is -0.342 e. The van der Waals surface area contributed by atoms with E-state index in [1.807, 2.05) is 40.9 Å². The summed E-state index contributed by atoms with van der Waals surface area (Å²) in [6.07, 6.45) is 2.04. The number of hydrogen-bond donors (Lipinski definition) is 1. The van der Waals surface area contributed by atoms with Crippen LogP contribution in [-0.2, 0) is 9.59 Å². The number of nitrogens with one attached hydrogen (secondary N) is 1. The lowest BCUT2D eigenvalue weighted by Gasteiger charge is -2.46. The number of thioether (sulfide) groups is 1. The normalized spacial score (nSPS) is 24.5. The lowest BCUT2D eigenvalue weighted by atomic mass is 9.82. The van der Waals surface area contributed by atoms with E-state index in [1.54, 1.807) is 16.7 Å². The maximum Gasteiger partial charge on any atom is 0.246 e. The van der Waals surface area contributed by atoms with Crippen molar-refractivity contribution in [1.29, 1.82) is 0 Å². The van der Waals surface area contributed by atoms with Gasteiger partial charge < -0.3 is 10.2 Å². The van der Waals surface area contributed by atoms with Crippen molar-refractivity contribution < 1.29 is 9.59 Å². The fourth-order valence-corrected chi connectivity index (χ4v) is 2.90. The van der Waals surface area contributed by atoms with Crippen LogP contribution in [0.1, 0.15) is 48.5 Å². The van der Waals surface area contributed by atoms with Gasteiger partial charge in [0.2, 0.25) is 11.8 Å². The van der Waals surface area contributed by atoms with Crippen LogP contribution in [0.2, 0.25) is 0 Å². The van der Waals surface area contributed by atoms with Crippen molar-refractivity contribution in [2.24, 2.45) is 11.3 Å². The quantitative estimate of drug-likeness (QED) is 0.867. The third-order valence-electron chi connectivity index (χ3n) is 4.02. The summed E-state index contributed by atoms with van der Waals surface area (Å²) in [7, 11) is 0. The van der Waals surface area contributed by atoms with Gasteiger partial charge in [-0.3, -0.25) is 9.59 Å². The van der Waals surface area contributed by atoms with Crippen LogP contribution in [-0.4, -0.2) is 46.3 Å². The number of nitrogens with zero attached hydrogens (tertiary/aromatic N) is 1. The van der Waals surface area contributed by atoms with E-state index in [9.17, 15) is 9.59 Å². The molecule has 0 spiro atoms. The van der Waals surface area contributed by atoms with Crippen LogP contribution in [0.4, 0.5) is 0 Å². The van der Waals surface area contributed by atoms with E-state index in [-0.39, 0.29) is 33.9 Å². The van der Waals surface area contributed by atoms with E-state index < -0.39 is 6.04 Å². The van der Waals surface area contributed by atoms with Crippen LogP contribution < -0.4 is 5.32 Å². The maximum atomic E-state index is 12.9. The second-order valence-corrected chi connectivity index (χ2v) is 9.44. The van der Waals surface area contributed by atoms with E-state index in [4.69, 9.17) is 0 Å².